The zero-order valence-corrected chi connectivity index (χ0v) is 9.87. The molecule has 1 saturated heterocycles. The molecule has 0 aromatic carbocycles. The number of carbonyl (C=O) groups is 1. The highest BCUT2D eigenvalue weighted by Crippen LogP contribution is 2.17. The molecule has 3 nitrogen and oxygen atoms in total. The number of nitrogens with two attached hydrogens (primary N) is 1. The van der Waals surface area contributed by atoms with Crippen LogP contribution in [0.15, 0.2) is 0 Å². The summed E-state index contributed by atoms with van der Waals surface area (Å²) in [6.07, 6.45) is 6.21. The Kier molecular flexibility index (Phi) is 5.69. The van der Waals surface area contributed by atoms with Crippen LogP contribution in [0.1, 0.15) is 45.4 Å². The van der Waals surface area contributed by atoms with E-state index in [1.165, 1.54) is 19.3 Å². The molecule has 1 amide bonds. The van der Waals surface area contributed by atoms with Gasteiger partial charge in [-0.1, -0.05) is 6.92 Å². The Bertz CT molecular complexity index is 194. The third-order valence-corrected chi connectivity index (χ3v) is 3.21. The SMILES string of the molecule is CC1CCCN(C(=O)CCCCN)CC1. The molecule has 2 N–H and O–H groups in total. The van der Waals surface area contributed by atoms with E-state index in [0.29, 0.717) is 18.9 Å². The van der Waals surface area contributed by atoms with E-state index in [9.17, 15) is 4.79 Å². The molecule has 0 spiro atoms. The standard InChI is InChI=1S/C12H24N2O/c1-11-5-4-9-14(10-7-11)12(15)6-2-3-8-13/h11H,2-10,13H2,1H3. The van der Waals surface area contributed by atoms with Crippen molar-refractivity contribution in [3.63, 3.8) is 0 Å². The van der Waals surface area contributed by atoms with E-state index in [2.05, 4.69) is 6.92 Å². The first-order chi connectivity index (χ1) is 7.24. The molecule has 1 aliphatic heterocycles. The summed E-state index contributed by atoms with van der Waals surface area (Å²) < 4.78 is 0. The summed E-state index contributed by atoms with van der Waals surface area (Å²) >= 11 is 0. The molecule has 1 unspecified atom stereocenters. The quantitative estimate of drug-likeness (QED) is 0.722. The number of nitrogens with zero attached hydrogens (tertiary/aromatic N) is 1. The number of rotatable bonds is 4. The molecule has 0 saturated carbocycles. The van der Waals surface area contributed by atoms with Crippen LogP contribution in [0.3, 0.4) is 0 Å². The Labute approximate surface area is 93.0 Å². The van der Waals surface area contributed by atoms with Gasteiger partial charge in [0, 0.05) is 19.5 Å². The van der Waals surface area contributed by atoms with Crippen LogP contribution < -0.4 is 5.73 Å². The predicted molar refractivity (Wildman–Crippen MR) is 62.5 cm³/mol. The van der Waals surface area contributed by atoms with E-state index in [4.69, 9.17) is 5.73 Å². The summed E-state index contributed by atoms with van der Waals surface area (Å²) in [5.41, 5.74) is 5.41. The second-order valence-electron chi connectivity index (χ2n) is 4.66. The number of unbranched alkanes of at least 4 members (excludes halogenated alkanes) is 1. The van der Waals surface area contributed by atoms with Gasteiger partial charge in [-0.3, -0.25) is 4.79 Å². The van der Waals surface area contributed by atoms with Crippen molar-refractivity contribution in [1.82, 2.24) is 4.90 Å². The smallest absolute Gasteiger partial charge is 0.222 e. The lowest BCUT2D eigenvalue weighted by atomic mass is 10.0. The predicted octanol–water partition coefficient (Wildman–Crippen LogP) is 1.76. The van der Waals surface area contributed by atoms with E-state index in [0.717, 1.165) is 31.8 Å². The summed E-state index contributed by atoms with van der Waals surface area (Å²) in [4.78, 5) is 13.9. The molecule has 88 valence electrons. The van der Waals surface area contributed by atoms with Gasteiger partial charge < -0.3 is 10.6 Å². The number of hydrogen-bond donors (Lipinski definition) is 1. The molecule has 3 heteroatoms. The Morgan fingerprint density at radius 3 is 2.87 bits per heavy atom. The first kappa shape index (κ1) is 12.5. The summed E-state index contributed by atoms with van der Waals surface area (Å²) in [7, 11) is 0. The lowest BCUT2D eigenvalue weighted by Gasteiger charge is -2.20. The second kappa shape index (κ2) is 6.83. The van der Waals surface area contributed by atoms with Crippen LogP contribution in [-0.2, 0) is 4.79 Å². The minimum absolute atomic E-state index is 0.331. The number of hydrogen-bond acceptors (Lipinski definition) is 2. The van der Waals surface area contributed by atoms with E-state index in [1.54, 1.807) is 0 Å². The van der Waals surface area contributed by atoms with Crippen molar-refractivity contribution in [2.45, 2.75) is 45.4 Å². The molecule has 1 heterocycles. The maximum atomic E-state index is 11.8. The normalized spacial score (nSPS) is 22.5. The summed E-state index contributed by atoms with van der Waals surface area (Å²) in [6.45, 7) is 4.90. The molecule has 0 radical (unpaired) electrons. The molecule has 1 atom stereocenters. The van der Waals surface area contributed by atoms with Crippen LogP contribution in [0.25, 0.3) is 0 Å². The zero-order valence-electron chi connectivity index (χ0n) is 9.87. The molecule has 0 bridgehead atoms. The Hall–Kier alpha value is -0.570. The minimum atomic E-state index is 0.331. The van der Waals surface area contributed by atoms with Crippen molar-refractivity contribution in [3.8, 4) is 0 Å². The van der Waals surface area contributed by atoms with Crippen molar-refractivity contribution >= 4 is 5.91 Å². The highest BCUT2D eigenvalue weighted by molar-refractivity contribution is 5.76. The fourth-order valence-corrected chi connectivity index (χ4v) is 2.09. The van der Waals surface area contributed by atoms with Crippen LogP contribution in [-0.4, -0.2) is 30.4 Å². The number of amides is 1. The average molecular weight is 212 g/mol. The summed E-state index contributed by atoms with van der Waals surface area (Å²) in [6, 6.07) is 0. The van der Waals surface area contributed by atoms with Gasteiger partial charge in [-0.15, -0.1) is 0 Å². The Morgan fingerprint density at radius 1 is 1.33 bits per heavy atom. The Morgan fingerprint density at radius 2 is 2.13 bits per heavy atom. The Balaban J connectivity index is 2.25. The van der Waals surface area contributed by atoms with Crippen molar-refractivity contribution in [2.75, 3.05) is 19.6 Å². The molecule has 15 heavy (non-hydrogen) atoms. The molecule has 1 aliphatic rings. The largest absolute Gasteiger partial charge is 0.343 e. The zero-order chi connectivity index (χ0) is 11.1. The van der Waals surface area contributed by atoms with E-state index >= 15 is 0 Å². The third kappa shape index (κ3) is 4.65. The average Bonchev–Trinajstić information content (AvgIpc) is 2.43. The fraction of sp³-hybridized carbons (Fsp3) is 0.917. The van der Waals surface area contributed by atoms with Crippen molar-refractivity contribution in [2.24, 2.45) is 11.7 Å². The lowest BCUT2D eigenvalue weighted by Crippen LogP contribution is -2.31. The first-order valence-corrected chi connectivity index (χ1v) is 6.22. The van der Waals surface area contributed by atoms with Gasteiger partial charge >= 0.3 is 0 Å². The fourth-order valence-electron chi connectivity index (χ4n) is 2.09. The van der Waals surface area contributed by atoms with Gasteiger partial charge in [-0.25, -0.2) is 0 Å². The van der Waals surface area contributed by atoms with Crippen LogP contribution in [0.4, 0.5) is 0 Å². The maximum Gasteiger partial charge on any atom is 0.222 e. The molecule has 1 rings (SSSR count). The molecule has 1 fully saturated rings. The van der Waals surface area contributed by atoms with Gasteiger partial charge in [0.25, 0.3) is 0 Å². The van der Waals surface area contributed by atoms with Gasteiger partial charge in [0.1, 0.15) is 0 Å². The highest BCUT2D eigenvalue weighted by Gasteiger charge is 2.17. The lowest BCUT2D eigenvalue weighted by molar-refractivity contribution is -0.131. The highest BCUT2D eigenvalue weighted by atomic mass is 16.2. The minimum Gasteiger partial charge on any atom is -0.343 e. The number of carbonyl (C=O) groups excluding carboxylic acids is 1. The van der Waals surface area contributed by atoms with Gasteiger partial charge in [0.15, 0.2) is 0 Å². The summed E-state index contributed by atoms with van der Waals surface area (Å²) in [5, 5.41) is 0. The molecular formula is C12H24N2O. The van der Waals surface area contributed by atoms with E-state index in [1.807, 2.05) is 4.90 Å². The molecule has 0 aliphatic carbocycles. The van der Waals surface area contributed by atoms with Gasteiger partial charge in [0.2, 0.25) is 5.91 Å². The van der Waals surface area contributed by atoms with Crippen LogP contribution in [0, 0.1) is 5.92 Å². The topological polar surface area (TPSA) is 46.3 Å². The van der Waals surface area contributed by atoms with Crippen LogP contribution in [0.2, 0.25) is 0 Å². The van der Waals surface area contributed by atoms with Crippen LogP contribution >= 0.6 is 0 Å². The summed E-state index contributed by atoms with van der Waals surface area (Å²) in [5.74, 6) is 1.12. The van der Waals surface area contributed by atoms with Gasteiger partial charge in [-0.05, 0) is 44.6 Å². The molecule has 0 aromatic rings. The van der Waals surface area contributed by atoms with E-state index in [-0.39, 0.29) is 0 Å². The van der Waals surface area contributed by atoms with Gasteiger partial charge in [0.05, 0.1) is 0 Å². The second-order valence-corrected chi connectivity index (χ2v) is 4.66. The number of likely N-dealkylation sites (tertiary alicyclic amines) is 1. The van der Waals surface area contributed by atoms with Gasteiger partial charge in [-0.2, -0.15) is 0 Å². The maximum absolute atomic E-state index is 11.8. The van der Waals surface area contributed by atoms with Crippen molar-refractivity contribution in [3.05, 3.63) is 0 Å². The first-order valence-electron chi connectivity index (χ1n) is 6.22. The monoisotopic (exact) mass is 212 g/mol. The molecule has 0 aromatic heterocycles. The van der Waals surface area contributed by atoms with Crippen molar-refractivity contribution < 1.29 is 4.79 Å². The molecular weight excluding hydrogens is 188 g/mol. The third-order valence-electron chi connectivity index (χ3n) is 3.21. The van der Waals surface area contributed by atoms with E-state index < -0.39 is 0 Å². The van der Waals surface area contributed by atoms with Crippen molar-refractivity contribution in [1.29, 1.82) is 0 Å². The van der Waals surface area contributed by atoms with Crippen LogP contribution in [0.5, 0.6) is 0 Å².